The first kappa shape index (κ1) is 23.8. The van der Waals surface area contributed by atoms with Crippen LogP contribution < -0.4 is 0 Å². The van der Waals surface area contributed by atoms with E-state index in [2.05, 4.69) is 87.5 Å². The highest BCUT2D eigenvalue weighted by Gasteiger charge is 2.10. The van der Waals surface area contributed by atoms with Crippen molar-refractivity contribution in [3.63, 3.8) is 0 Å². The Morgan fingerprint density at radius 1 is 0.788 bits per heavy atom. The van der Waals surface area contributed by atoms with Gasteiger partial charge in [0.1, 0.15) is 5.75 Å². The Morgan fingerprint density at radius 2 is 1.42 bits per heavy atom. The summed E-state index contributed by atoms with van der Waals surface area (Å²) in [6.07, 6.45) is 5.30. The highest BCUT2D eigenvalue weighted by molar-refractivity contribution is 5.84. The average molecular weight is 439 g/mol. The zero-order valence-corrected chi connectivity index (χ0v) is 19.3. The second kappa shape index (κ2) is 11.1. The zero-order chi connectivity index (χ0) is 23.8. The highest BCUT2D eigenvalue weighted by atomic mass is 16.3. The highest BCUT2D eigenvalue weighted by Crippen LogP contribution is 2.29. The SMILES string of the molecule is CCc1ccc2cc(C(C)c3cc(C)cc(/C=C/c4ccc(O)cc4)c3)ccc2c1.O=CO. The van der Waals surface area contributed by atoms with Gasteiger partial charge < -0.3 is 10.2 Å². The third kappa shape index (κ3) is 6.33. The smallest absolute Gasteiger partial charge is 0.290 e. The summed E-state index contributed by atoms with van der Waals surface area (Å²) < 4.78 is 0. The van der Waals surface area contributed by atoms with E-state index in [1.54, 1.807) is 12.1 Å². The maximum absolute atomic E-state index is 9.45. The van der Waals surface area contributed by atoms with Crippen molar-refractivity contribution >= 4 is 29.4 Å². The maximum Gasteiger partial charge on any atom is 0.290 e. The molecule has 1 unspecified atom stereocenters. The van der Waals surface area contributed by atoms with Crippen molar-refractivity contribution in [3.8, 4) is 5.75 Å². The molecule has 2 N–H and O–H groups in total. The molecule has 33 heavy (non-hydrogen) atoms. The summed E-state index contributed by atoms with van der Waals surface area (Å²) in [6.45, 7) is 6.38. The molecule has 168 valence electrons. The van der Waals surface area contributed by atoms with Gasteiger partial charge in [-0.05, 0) is 64.1 Å². The van der Waals surface area contributed by atoms with Gasteiger partial charge in [0.15, 0.2) is 0 Å². The number of phenols is 1. The molecule has 0 amide bonds. The number of hydrogen-bond donors (Lipinski definition) is 2. The monoisotopic (exact) mass is 438 g/mol. The molecule has 0 aliphatic heterocycles. The Morgan fingerprint density at radius 3 is 2.12 bits per heavy atom. The molecule has 3 nitrogen and oxygen atoms in total. The van der Waals surface area contributed by atoms with E-state index >= 15 is 0 Å². The van der Waals surface area contributed by atoms with E-state index in [0.29, 0.717) is 11.7 Å². The first-order valence-corrected chi connectivity index (χ1v) is 11.1. The minimum Gasteiger partial charge on any atom is -0.508 e. The zero-order valence-electron chi connectivity index (χ0n) is 19.3. The van der Waals surface area contributed by atoms with E-state index in [9.17, 15) is 5.11 Å². The van der Waals surface area contributed by atoms with Crippen molar-refractivity contribution in [3.05, 3.63) is 112 Å². The Hall–Kier alpha value is -3.85. The number of hydrogen-bond acceptors (Lipinski definition) is 2. The van der Waals surface area contributed by atoms with Crippen molar-refractivity contribution in [2.75, 3.05) is 0 Å². The van der Waals surface area contributed by atoms with Crippen LogP contribution in [0.5, 0.6) is 5.75 Å². The standard InChI is InChI=1S/C29H28O.CH2O2/c1-4-22-7-10-27-19-25(11-12-26(27)17-22)21(3)28-16-20(2)15-24(18-28)6-5-23-8-13-29(30)14-9-23;2-1-3/h5-19,21,30H,4H2,1-3H3;1H,(H,2,3)/b6-5+;. The molecule has 4 rings (SSSR count). The third-order valence-corrected chi connectivity index (χ3v) is 5.82. The summed E-state index contributed by atoms with van der Waals surface area (Å²) in [7, 11) is 0. The van der Waals surface area contributed by atoms with Gasteiger partial charge in [-0.1, -0.05) is 98.3 Å². The number of rotatable bonds is 5. The molecule has 0 aliphatic carbocycles. The van der Waals surface area contributed by atoms with Gasteiger partial charge in [0.05, 0.1) is 0 Å². The van der Waals surface area contributed by atoms with E-state index in [1.165, 1.54) is 38.6 Å². The molecule has 0 spiro atoms. The molecule has 0 bridgehead atoms. The molecule has 0 heterocycles. The minimum absolute atomic E-state index is 0.250. The summed E-state index contributed by atoms with van der Waals surface area (Å²) in [5, 5.41) is 19.0. The molecule has 3 heteroatoms. The summed E-state index contributed by atoms with van der Waals surface area (Å²) in [6, 6.07) is 27.7. The molecular weight excluding hydrogens is 408 g/mol. The van der Waals surface area contributed by atoms with Crippen molar-refractivity contribution in [1.29, 1.82) is 0 Å². The predicted octanol–water partition coefficient (Wildman–Crippen LogP) is 7.44. The summed E-state index contributed by atoms with van der Waals surface area (Å²) in [5.41, 5.74) is 7.57. The second-order valence-electron chi connectivity index (χ2n) is 8.22. The number of fused-ring (bicyclic) bond motifs is 1. The van der Waals surface area contributed by atoms with E-state index in [-0.39, 0.29) is 6.47 Å². The number of carbonyl (C=O) groups is 1. The van der Waals surface area contributed by atoms with Crippen LogP contribution in [0.15, 0.2) is 78.9 Å². The molecule has 0 fully saturated rings. The largest absolute Gasteiger partial charge is 0.508 e. The van der Waals surface area contributed by atoms with Gasteiger partial charge >= 0.3 is 0 Å². The first-order chi connectivity index (χ1) is 15.9. The van der Waals surface area contributed by atoms with Gasteiger partial charge in [-0.3, -0.25) is 4.79 Å². The van der Waals surface area contributed by atoms with Gasteiger partial charge in [0.2, 0.25) is 0 Å². The van der Waals surface area contributed by atoms with E-state index in [4.69, 9.17) is 9.90 Å². The third-order valence-electron chi connectivity index (χ3n) is 5.82. The minimum atomic E-state index is -0.250. The van der Waals surface area contributed by atoms with Crippen LogP contribution in [0, 0.1) is 6.92 Å². The van der Waals surface area contributed by atoms with E-state index < -0.39 is 0 Å². The molecule has 0 saturated carbocycles. The van der Waals surface area contributed by atoms with Crippen LogP contribution in [-0.2, 0) is 11.2 Å². The fraction of sp³-hybridized carbons (Fsp3) is 0.167. The van der Waals surface area contributed by atoms with Crippen LogP contribution in [-0.4, -0.2) is 16.7 Å². The van der Waals surface area contributed by atoms with Crippen molar-refractivity contribution < 1.29 is 15.0 Å². The number of aromatic hydroxyl groups is 1. The van der Waals surface area contributed by atoms with Crippen LogP contribution in [0.25, 0.3) is 22.9 Å². The summed E-state index contributed by atoms with van der Waals surface area (Å²) >= 11 is 0. The Bertz CT molecular complexity index is 1250. The maximum atomic E-state index is 9.45. The molecule has 0 aliphatic rings. The topological polar surface area (TPSA) is 57.5 Å². The van der Waals surface area contributed by atoms with Gasteiger partial charge in [0, 0.05) is 5.92 Å². The lowest BCUT2D eigenvalue weighted by Crippen LogP contribution is -1.97. The summed E-state index contributed by atoms with van der Waals surface area (Å²) in [4.78, 5) is 8.36. The van der Waals surface area contributed by atoms with Crippen molar-refractivity contribution in [1.82, 2.24) is 0 Å². The first-order valence-electron chi connectivity index (χ1n) is 11.1. The van der Waals surface area contributed by atoms with Gasteiger partial charge in [-0.25, -0.2) is 0 Å². The quantitative estimate of drug-likeness (QED) is 0.251. The van der Waals surface area contributed by atoms with E-state index in [0.717, 1.165) is 12.0 Å². The van der Waals surface area contributed by atoms with Crippen LogP contribution in [0.3, 0.4) is 0 Å². The molecule has 4 aromatic rings. The molecule has 4 aromatic carbocycles. The Balaban J connectivity index is 0.000000968. The van der Waals surface area contributed by atoms with Crippen molar-refractivity contribution in [2.24, 2.45) is 0 Å². The van der Waals surface area contributed by atoms with Crippen molar-refractivity contribution in [2.45, 2.75) is 33.1 Å². The lowest BCUT2D eigenvalue weighted by molar-refractivity contribution is -0.122. The fourth-order valence-corrected chi connectivity index (χ4v) is 3.96. The molecule has 0 aromatic heterocycles. The Labute approximate surface area is 195 Å². The molecular formula is C30H30O3. The lowest BCUT2D eigenvalue weighted by atomic mass is 9.89. The van der Waals surface area contributed by atoms with Gasteiger partial charge in [-0.15, -0.1) is 0 Å². The van der Waals surface area contributed by atoms with Crippen LogP contribution in [0.2, 0.25) is 0 Å². The molecule has 0 radical (unpaired) electrons. The van der Waals surface area contributed by atoms with Crippen LogP contribution >= 0.6 is 0 Å². The van der Waals surface area contributed by atoms with Crippen LogP contribution in [0.1, 0.15) is 53.1 Å². The van der Waals surface area contributed by atoms with Crippen LogP contribution in [0.4, 0.5) is 0 Å². The predicted molar refractivity (Wildman–Crippen MR) is 138 cm³/mol. The lowest BCUT2D eigenvalue weighted by Gasteiger charge is -2.15. The van der Waals surface area contributed by atoms with E-state index in [1.807, 2.05) is 12.1 Å². The number of aryl methyl sites for hydroxylation is 2. The van der Waals surface area contributed by atoms with Gasteiger partial charge in [0.25, 0.3) is 6.47 Å². The molecule has 0 saturated heterocycles. The average Bonchev–Trinajstić information content (AvgIpc) is 2.82. The fourth-order valence-electron chi connectivity index (χ4n) is 3.96. The number of benzene rings is 4. The normalized spacial score (nSPS) is 11.7. The Kier molecular flexibility index (Phi) is 8.04. The second-order valence-corrected chi connectivity index (χ2v) is 8.22. The number of carboxylic acid groups (broad SMARTS) is 1. The van der Waals surface area contributed by atoms with Gasteiger partial charge in [-0.2, -0.15) is 0 Å². The summed E-state index contributed by atoms with van der Waals surface area (Å²) in [5.74, 6) is 0.612. The number of phenolic OH excluding ortho intramolecular Hbond substituents is 1. The molecule has 1 atom stereocenters.